The Labute approximate surface area is 794 Å². The van der Waals surface area contributed by atoms with Crippen molar-refractivity contribution in [3.05, 3.63) is 216 Å². The van der Waals surface area contributed by atoms with Crippen LogP contribution in [0.15, 0.2) is 156 Å². The number of carbonyl (C=O) groups excluding carboxylic acids is 5. The zero-order chi connectivity index (χ0) is 99.3. The Balaban J connectivity index is 0.000000208. The molecule has 2 radical (unpaired) electrons. The van der Waals surface area contributed by atoms with Gasteiger partial charge in [0.15, 0.2) is 0 Å². The van der Waals surface area contributed by atoms with Crippen molar-refractivity contribution < 1.29 is 91.2 Å². The Morgan fingerprint density at radius 3 is 1.12 bits per heavy atom. The summed E-state index contributed by atoms with van der Waals surface area (Å²) in [4.78, 5) is 87.4. The molecule has 0 fully saturated rings. The third-order valence-electron chi connectivity index (χ3n) is 21.7. The van der Waals surface area contributed by atoms with Crippen LogP contribution in [0.2, 0.25) is 15.1 Å². The summed E-state index contributed by atoms with van der Waals surface area (Å²) in [6.45, 7) is 31.8. The first-order chi connectivity index (χ1) is 62.8. The molecule has 0 aliphatic carbocycles. The van der Waals surface area contributed by atoms with E-state index in [9.17, 15) is 50.3 Å². The fraction of sp³-hybridized carbons (Fsp3) is 0.415. The Bertz CT molecular complexity index is 5680. The van der Waals surface area contributed by atoms with Crippen LogP contribution >= 0.6 is 50.7 Å². The quantitative estimate of drug-likeness (QED) is 0.0431. The van der Waals surface area contributed by atoms with E-state index >= 15 is 0 Å². The number of carboxylic acids is 2. The van der Waals surface area contributed by atoms with E-state index in [0.29, 0.717) is 80.6 Å². The fourth-order valence-electron chi connectivity index (χ4n) is 14.6. The lowest BCUT2D eigenvalue weighted by molar-refractivity contribution is -0.193. The molecule has 6 aromatic carbocycles. The Morgan fingerprint density at radius 2 is 0.835 bits per heavy atom. The van der Waals surface area contributed by atoms with E-state index in [4.69, 9.17) is 83.5 Å². The topological polar surface area (TPSA) is 339 Å². The molecule has 0 bridgehead atoms. The maximum absolute atomic E-state index is 12.5. The standard InChI is InChI=1S/C29H32ClN5O3.C24H24ClN5O.C19H16BrClN4O.C10H16BNO2.C6H14O2.2C2HF3O2.C2H6/c1-19-27-24-9-8-21(20-10-13-33(14-11-20)28(37)38-29(2,3)4)16-25(24)26(12-15-35(27)32-31-19)34(18-36)23-7-5-6-22(30)17-23;1-16-24-21-6-5-18(17-7-10-26-11-8-17)13-22(21)23(9-12-30(24)28-27-16)29(15-31)20-4-2-3-19(25)14-20;1-12-19-16-6-5-13(20)9-17(16)18(7-8-25(19)23-22-12)24(11-26)15-4-2-3-14(21)10-15;1-10(2,3)14-9(13)12-6-4-8(11)5-7-12;1-5(2,7)6(3,4)8;2*3-2(4,5)1(6)7;1-2/h5-10,16-18,26H,11-15H2,1-4H3;2-7,13-15,23,26H,8-12H2,1H3;2-6,9-11,18H,7-8H2,1H3;4H,5-7H2,1-3H3;7-8H,1-4H3;2*(H,6,7);1-2H3/i;;;;;;;1D. The van der Waals surface area contributed by atoms with E-state index in [1.807, 2.05) is 149 Å². The highest BCUT2D eigenvalue weighted by Crippen LogP contribution is 2.46. The van der Waals surface area contributed by atoms with Gasteiger partial charge >= 0.3 is 36.5 Å². The summed E-state index contributed by atoms with van der Waals surface area (Å²) in [6.07, 6.45) is 2.71. The molecule has 9 heterocycles. The van der Waals surface area contributed by atoms with E-state index < -0.39 is 46.7 Å². The van der Waals surface area contributed by atoms with Crippen molar-refractivity contribution in [3.8, 4) is 33.8 Å². The molecule has 3 aromatic heterocycles. The van der Waals surface area contributed by atoms with Gasteiger partial charge in [0.1, 0.15) is 19.0 Å². The highest BCUT2D eigenvalue weighted by Gasteiger charge is 2.41. The Morgan fingerprint density at radius 1 is 0.504 bits per heavy atom. The summed E-state index contributed by atoms with van der Waals surface area (Å²) >= 11 is 22.2. The van der Waals surface area contributed by atoms with Gasteiger partial charge in [0, 0.05) is 107 Å². The smallest absolute Gasteiger partial charge is 0.475 e. The van der Waals surface area contributed by atoms with Crippen molar-refractivity contribution in [1.82, 2.24) is 60.1 Å². The first-order valence-corrected chi connectivity index (χ1v) is 44.3. The molecule has 133 heavy (non-hydrogen) atoms. The van der Waals surface area contributed by atoms with Crippen LogP contribution in [-0.2, 0) is 53.1 Å². The SMILES string of the molecule is CC(C)(O)C(C)(C)O.Cc1nnn2c1-c1ccc(Br)cc1C(N(C=O)c1cccc(Cl)c1)CC2.Cc1nnn2c1-c1ccc(C3=CCN(C(=O)OC(C)(C)C)CC3)cc1C(N(C=O)c1cccc(Cl)c1)CC2.Cc1nnn2c1-c1ccc(C3=CCNCC3)cc1C(N(C=O)c1cccc(Cl)c1)CC2.O=C(O)C(F)(F)F.O=C(O)C(F)(F)F.[2H]CC.[B]C1=CCN(C(=O)OC(C)(C)C)CC1. The molecule has 712 valence electrons. The maximum atomic E-state index is 12.5. The van der Waals surface area contributed by atoms with Crippen LogP contribution in [0, 0.1) is 20.8 Å². The monoisotopic (exact) mass is 1970 g/mol. The predicted octanol–water partition coefficient (Wildman–Crippen LogP) is 19.7. The number of carbonyl (C=O) groups is 7. The molecule has 3 unspecified atom stereocenters. The predicted molar refractivity (Wildman–Crippen MR) is 504 cm³/mol. The van der Waals surface area contributed by atoms with Gasteiger partial charge in [0.05, 0.1) is 63.5 Å². The van der Waals surface area contributed by atoms with E-state index in [0.717, 1.165) is 158 Å². The minimum Gasteiger partial charge on any atom is -0.475 e. The van der Waals surface area contributed by atoms with Crippen LogP contribution in [0.1, 0.15) is 186 Å². The number of nitrogens with one attached hydrogen (secondary N) is 1. The van der Waals surface area contributed by atoms with Crippen molar-refractivity contribution in [3.63, 3.8) is 0 Å². The van der Waals surface area contributed by atoms with Crippen molar-refractivity contribution in [2.75, 3.05) is 54.0 Å². The summed E-state index contributed by atoms with van der Waals surface area (Å²) < 4.78 is 87.2. The first-order valence-electron chi connectivity index (χ1n) is 43.1. The average Bonchev–Trinajstić information content (AvgIpc) is 1.61. The average molecular weight is 1970 g/mol. The fourth-order valence-corrected chi connectivity index (χ4v) is 15.5. The van der Waals surface area contributed by atoms with Gasteiger partial charge in [-0.05, 0) is 253 Å². The number of aryl methyl sites for hydroxylation is 6. The number of nitrogens with zero attached hydrogens (tertiary/aromatic N) is 14. The molecule has 0 spiro atoms. The zero-order valence-corrected chi connectivity index (χ0v) is 80.1. The van der Waals surface area contributed by atoms with Crippen LogP contribution < -0.4 is 20.0 Å². The molecule has 15 rings (SSSR count). The summed E-state index contributed by atoms with van der Waals surface area (Å²) in [6, 6.07) is 40.8. The highest BCUT2D eigenvalue weighted by molar-refractivity contribution is 9.10. The van der Waals surface area contributed by atoms with Crippen molar-refractivity contribution in [2.24, 2.45) is 0 Å². The van der Waals surface area contributed by atoms with Crippen molar-refractivity contribution >= 4 is 130 Å². The number of hydrogen-bond donors (Lipinski definition) is 5. The van der Waals surface area contributed by atoms with Crippen LogP contribution in [0.25, 0.3) is 44.9 Å². The van der Waals surface area contributed by atoms with Crippen molar-refractivity contribution in [1.29, 1.82) is 0 Å². The molecule has 5 N–H and O–H groups in total. The largest absolute Gasteiger partial charge is 0.490 e. The highest BCUT2D eigenvalue weighted by atomic mass is 79.9. The zero-order valence-electron chi connectivity index (χ0n) is 77.2. The van der Waals surface area contributed by atoms with Gasteiger partial charge < -0.3 is 59.7 Å². The number of fused-ring (bicyclic) bond motifs is 9. The molecule has 0 saturated heterocycles. The van der Waals surface area contributed by atoms with Gasteiger partial charge in [-0.15, -0.1) is 20.8 Å². The van der Waals surface area contributed by atoms with E-state index in [1.165, 1.54) is 16.7 Å². The Kier molecular flexibility index (Phi) is 36.9. The number of ether oxygens (including phenoxy) is 2. The van der Waals surface area contributed by atoms with Gasteiger partial charge in [0.25, 0.3) is 0 Å². The number of aromatic nitrogens is 9. The lowest BCUT2D eigenvalue weighted by Gasteiger charge is -2.31. The number of alkyl halides is 6. The molecule has 5 amide bonds. The first kappa shape index (κ1) is 105. The van der Waals surface area contributed by atoms with Crippen LogP contribution in [0.3, 0.4) is 0 Å². The number of amides is 5. The van der Waals surface area contributed by atoms with E-state index in [-0.39, 0.29) is 30.3 Å². The molecular weight excluding hydrogens is 1860 g/mol. The normalized spacial score (nSPS) is 16.2. The third kappa shape index (κ3) is 29.4. The summed E-state index contributed by atoms with van der Waals surface area (Å²) in [5.74, 6) is -5.51. The number of hydrogen-bond acceptors (Lipinski definition) is 18. The lowest BCUT2D eigenvalue weighted by Crippen LogP contribution is -2.44. The minimum absolute atomic E-state index is 0.125. The maximum Gasteiger partial charge on any atom is 0.490 e. The van der Waals surface area contributed by atoms with Crippen LogP contribution in [0.4, 0.5) is 53.0 Å². The van der Waals surface area contributed by atoms with Crippen molar-refractivity contribution in [2.45, 2.75) is 215 Å². The number of aliphatic hydroxyl groups is 2. The second-order valence-corrected chi connectivity index (χ2v) is 36.5. The number of rotatable bonds is 12. The number of anilines is 3. The summed E-state index contributed by atoms with van der Waals surface area (Å²) in [5.41, 5.74) is 17.0. The van der Waals surface area contributed by atoms with E-state index in [2.05, 4.69) is 113 Å². The number of aliphatic carboxylic acids is 2. The molecular formula is C94H110BBrCl3F6N15O13. The molecule has 39 heteroatoms. The third-order valence-corrected chi connectivity index (χ3v) is 22.9. The van der Waals surface area contributed by atoms with Gasteiger partial charge in [-0.2, -0.15) is 26.3 Å². The minimum atomic E-state index is -5.08. The van der Waals surface area contributed by atoms with Gasteiger partial charge in [-0.25, -0.2) is 33.2 Å². The van der Waals surface area contributed by atoms with Crippen LogP contribution in [-0.4, -0.2) is 200 Å². The molecule has 3 atom stereocenters. The molecule has 6 aliphatic rings. The summed E-state index contributed by atoms with van der Waals surface area (Å²) in [5, 5.41) is 63.4. The number of benzene rings is 6. The molecule has 6 aliphatic heterocycles. The molecule has 28 nitrogen and oxygen atoms in total. The van der Waals surface area contributed by atoms with Crippen LogP contribution in [0.5, 0.6) is 0 Å². The van der Waals surface area contributed by atoms with E-state index in [1.54, 1.807) is 71.3 Å². The second-order valence-electron chi connectivity index (χ2n) is 34.2. The van der Waals surface area contributed by atoms with Gasteiger partial charge in [-0.3, -0.25) is 14.4 Å². The molecule has 9 aromatic rings. The second kappa shape index (κ2) is 46.6. The van der Waals surface area contributed by atoms with Gasteiger partial charge in [-0.1, -0.05) is 147 Å². The Hall–Kier alpha value is -11.3. The van der Waals surface area contributed by atoms with Gasteiger partial charge in [0.2, 0.25) is 19.2 Å². The number of halogens is 10. The lowest BCUT2D eigenvalue weighted by atomic mass is 9.90. The number of carboxylic acid groups (broad SMARTS) is 2. The molecule has 0 saturated carbocycles. The summed E-state index contributed by atoms with van der Waals surface area (Å²) in [7, 11) is 5.61.